The Kier molecular flexibility index (Phi) is 12.8. The second kappa shape index (κ2) is 14.1. The van der Waals surface area contributed by atoms with Gasteiger partial charge in [0, 0.05) is 17.8 Å². The number of aliphatic hydroxyl groups is 1. The van der Waals surface area contributed by atoms with Crippen LogP contribution in [-0.4, -0.2) is 64.1 Å². The molecule has 0 bridgehead atoms. The number of alkyl carbamates (subject to hydrolysis) is 1. The van der Waals surface area contributed by atoms with E-state index in [4.69, 9.17) is 9.84 Å². The largest absolute Gasteiger partial charge is 0.479 e. The van der Waals surface area contributed by atoms with Gasteiger partial charge in [-0.05, 0) is 52.7 Å². The van der Waals surface area contributed by atoms with Gasteiger partial charge in [0.05, 0.1) is 6.04 Å². The van der Waals surface area contributed by atoms with Gasteiger partial charge >= 0.3 is 12.1 Å². The third-order valence-electron chi connectivity index (χ3n) is 5.36. The molecule has 0 aromatic heterocycles. The van der Waals surface area contributed by atoms with Gasteiger partial charge in [-0.2, -0.15) is 11.8 Å². The molecule has 2 aliphatic carbocycles. The minimum atomic E-state index is -1.64. The SMILES string of the molecule is C1CCC(NC2CCCCC2)CC1.CSCC(NC(=O)OC(C)(C)C)C(O)C(=O)O. The van der Waals surface area contributed by atoms with Crippen LogP contribution < -0.4 is 10.6 Å². The number of thioether (sulfide) groups is 1. The van der Waals surface area contributed by atoms with Gasteiger partial charge in [0.25, 0.3) is 0 Å². The fourth-order valence-corrected chi connectivity index (χ4v) is 4.52. The van der Waals surface area contributed by atoms with Gasteiger partial charge in [0.15, 0.2) is 6.10 Å². The van der Waals surface area contributed by atoms with Crippen molar-refractivity contribution in [1.29, 1.82) is 0 Å². The van der Waals surface area contributed by atoms with E-state index in [0.717, 1.165) is 12.1 Å². The quantitative estimate of drug-likeness (QED) is 0.469. The standard InChI is InChI=1S/C12H23N.C10H19NO5S/c1-3-7-11(8-4-1)13-12-9-5-2-6-10-12;1-10(2,3)16-9(15)11-6(5-17-4)7(12)8(13)14/h11-13H,1-10H2;6-7,12H,5H2,1-4H3,(H,11,15)(H,13,14). The lowest BCUT2D eigenvalue weighted by atomic mass is 9.91. The first-order valence-corrected chi connectivity index (χ1v) is 12.7. The molecule has 8 heteroatoms. The van der Waals surface area contributed by atoms with E-state index in [1.165, 1.54) is 76.0 Å². The molecule has 2 rings (SSSR count). The average molecular weight is 447 g/mol. The van der Waals surface area contributed by atoms with Crippen LogP contribution in [0, 0.1) is 0 Å². The predicted molar refractivity (Wildman–Crippen MR) is 122 cm³/mol. The normalized spacial score (nSPS) is 20.4. The number of carbonyl (C=O) groups is 2. The molecule has 2 fully saturated rings. The monoisotopic (exact) mass is 446 g/mol. The van der Waals surface area contributed by atoms with Crippen LogP contribution >= 0.6 is 11.8 Å². The van der Waals surface area contributed by atoms with E-state index in [1.54, 1.807) is 27.0 Å². The molecule has 2 atom stereocenters. The Hall–Kier alpha value is -0.990. The summed E-state index contributed by atoms with van der Waals surface area (Å²) in [6, 6.07) is 0.867. The first-order chi connectivity index (χ1) is 14.1. The smallest absolute Gasteiger partial charge is 0.408 e. The van der Waals surface area contributed by atoms with Crippen molar-refractivity contribution in [1.82, 2.24) is 10.6 Å². The van der Waals surface area contributed by atoms with Crippen LogP contribution in [0.15, 0.2) is 0 Å². The Morgan fingerprint density at radius 1 is 1.00 bits per heavy atom. The van der Waals surface area contributed by atoms with Crippen LogP contribution in [0.4, 0.5) is 4.79 Å². The molecule has 0 aliphatic heterocycles. The van der Waals surface area contributed by atoms with Gasteiger partial charge in [-0.1, -0.05) is 38.5 Å². The maximum absolute atomic E-state index is 11.4. The number of rotatable bonds is 7. The fraction of sp³-hybridized carbons (Fsp3) is 0.909. The molecule has 0 radical (unpaired) electrons. The highest BCUT2D eigenvalue weighted by molar-refractivity contribution is 7.98. The van der Waals surface area contributed by atoms with Crippen molar-refractivity contribution in [2.45, 2.75) is 115 Å². The molecule has 4 N–H and O–H groups in total. The average Bonchev–Trinajstić information content (AvgIpc) is 2.67. The van der Waals surface area contributed by atoms with E-state index in [9.17, 15) is 14.7 Å². The van der Waals surface area contributed by atoms with Crippen LogP contribution in [0.1, 0.15) is 85.0 Å². The Labute approximate surface area is 186 Å². The molecule has 0 aromatic carbocycles. The number of carbonyl (C=O) groups excluding carboxylic acids is 1. The number of carboxylic acids is 1. The summed E-state index contributed by atoms with van der Waals surface area (Å²) >= 11 is 1.32. The lowest BCUT2D eigenvalue weighted by molar-refractivity contribution is -0.147. The zero-order valence-corrected chi connectivity index (χ0v) is 19.9. The van der Waals surface area contributed by atoms with Crippen LogP contribution in [-0.2, 0) is 9.53 Å². The third-order valence-corrected chi connectivity index (χ3v) is 6.06. The van der Waals surface area contributed by atoms with Gasteiger partial charge in [0.2, 0.25) is 0 Å². The maximum atomic E-state index is 11.4. The summed E-state index contributed by atoms with van der Waals surface area (Å²) < 4.78 is 4.98. The van der Waals surface area contributed by atoms with E-state index < -0.39 is 29.8 Å². The number of aliphatic hydroxyl groups excluding tert-OH is 1. The number of amides is 1. The number of aliphatic carboxylic acids is 1. The van der Waals surface area contributed by atoms with Gasteiger partial charge in [-0.15, -0.1) is 0 Å². The topological polar surface area (TPSA) is 108 Å². The Morgan fingerprint density at radius 2 is 1.47 bits per heavy atom. The molecular weight excluding hydrogens is 404 g/mol. The first-order valence-electron chi connectivity index (χ1n) is 11.3. The molecule has 0 heterocycles. The highest BCUT2D eigenvalue weighted by Crippen LogP contribution is 2.22. The van der Waals surface area contributed by atoms with E-state index in [2.05, 4.69) is 10.6 Å². The highest BCUT2D eigenvalue weighted by Gasteiger charge is 2.28. The van der Waals surface area contributed by atoms with Crippen molar-refractivity contribution in [3.8, 4) is 0 Å². The molecule has 176 valence electrons. The third kappa shape index (κ3) is 12.0. The molecule has 0 spiro atoms. The minimum absolute atomic E-state index is 0.284. The Morgan fingerprint density at radius 3 is 1.83 bits per heavy atom. The summed E-state index contributed by atoms with van der Waals surface area (Å²) in [5.41, 5.74) is -0.665. The molecule has 30 heavy (non-hydrogen) atoms. The van der Waals surface area contributed by atoms with Gasteiger partial charge in [-0.3, -0.25) is 0 Å². The van der Waals surface area contributed by atoms with Gasteiger partial charge in [-0.25, -0.2) is 9.59 Å². The number of ether oxygens (including phenoxy) is 1. The minimum Gasteiger partial charge on any atom is -0.479 e. The highest BCUT2D eigenvalue weighted by atomic mass is 32.2. The molecule has 0 saturated heterocycles. The van der Waals surface area contributed by atoms with Crippen molar-refractivity contribution in [2.24, 2.45) is 0 Å². The lowest BCUT2D eigenvalue weighted by Gasteiger charge is -2.30. The van der Waals surface area contributed by atoms with Crippen molar-refractivity contribution in [2.75, 3.05) is 12.0 Å². The number of hydrogen-bond acceptors (Lipinski definition) is 6. The number of hydrogen-bond donors (Lipinski definition) is 4. The van der Waals surface area contributed by atoms with Crippen LogP contribution in [0.25, 0.3) is 0 Å². The van der Waals surface area contributed by atoms with Crippen LogP contribution in [0.5, 0.6) is 0 Å². The van der Waals surface area contributed by atoms with Crippen molar-refractivity contribution >= 4 is 23.8 Å². The Balaban J connectivity index is 0.000000308. The fourth-order valence-electron chi connectivity index (χ4n) is 3.89. The summed E-state index contributed by atoms with van der Waals surface area (Å²) in [5.74, 6) is -1.09. The zero-order chi connectivity index (χ0) is 22.6. The zero-order valence-electron chi connectivity index (χ0n) is 19.1. The molecule has 2 saturated carbocycles. The second-order valence-electron chi connectivity index (χ2n) is 9.33. The predicted octanol–water partition coefficient (Wildman–Crippen LogP) is 3.93. The molecule has 1 amide bonds. The molecule has 2 aliphatic rings. The summed E-state index contributed by atoms with van der Waals surface area (Å²) in [6.07, 6.45) is 13.9. The molecule has 0 aromatic rings. The van der Waals surface area contributed by atoms with E-state index in [-0.39, 0.29) is 5.75 Å². The second-order valence-corrected chi connectivity index (χ2v) is 10.2. The first kappa shape index (κ1) is 27.0. The molecular formula is C22H42N2O5S. The lowest BCUT2D eigenvalue weighted by Crippen LogP contribution is -2.49. The van der Waals surface area contributed by atoms with E-state index in [1.807, 2.05) is 0 Å². The number of carboxylic acid groups (broad SMARTS) is 1. The van der Waals surface area contributed by atoms with E-state index in [0.29, 0.717) is 0 Å². The summed E-state index contributed by atoms with van der Waals surface area (Å²) in [6.45, 7) is 5.09. The maximum Gasteiger partial charge on any atom is 0.408 e. The van der Waals surface area contributed by atoms with Crippen LogP contribution in [0.2, 0.25) is 0 Å². The summed E-state index contributed by atoms with van der Waals surface area (Å²) in [7, 11) is 0. The molecule has 2 unspecified atom stereocenters. The van der Waals surface area contributed by atoms with Crippen molar-refractivity contribution in [3.63, 3.8) is 0 Å². The summed E-state index contributed by atoms with van der Waals surface area (Å²) in [5, 5.41) is 24.3. The number of nitrogens with one attached hydrogen (secondary N) is 2. The molecule has 7 nitrogen and oxygen atoms in total. The van der Waals surface area contributed by atoms with Crippen molar-refractivity contribution < 1.29 is 24.5 Å². The van der Waals surface area contributed by atoms with Crippen molar-refractivity contribution in [3.05, 3.63) is 0 Å². The summed E-state index contributed by atoms with van der Waals surface area (Å²) in [4.78, 5) is 22.1. The van der Waals surface area contributed by atoms with Gasteiger partial charge in [0.1, 0.15) is 5.60 Å². The Bertz CT molecular complexity index is 484. The van der Waals surface area contributed by atoms with Crippen LogP contribution in [0.3, 0.4) is 0 Å². The van der Waals surface area contributed by atoms with Gasteiger partial charge < -0.3 is 25.6 Å². The van der Waals surface area contributed by atoms with E-state index >= 15 is 0 Å².